The fourth-order valence-corrected chi connectivity index (χ4v) is 3.21. The van der Waals surface area contributed by atoms with Crippen LogP contribution in [0.3, 0.4) is 0 Å². The molecule has 152 valence electrons. The van der Waals surface area contributed by atoms with Gasteiger partial charge in [0.1, 0.15) is 5.75 Å². The quantitative estimate of drug-likeness (QED) is 0.340. The van der Waals surface area contributed by atoms with Gasteiger partial charge in [-0.05, 0) is 60.2 Å². The third kappa shape index (κ3) is 4.07. The summed E-state index contributed by atoms with van der Waals surface area (Å²) in [6.45, 7) is 0.243. The zero-order valence-electron chi connectivity index (χ0n) is 16.1. The SMILES string of the molecule is COc1ccc(N(O)C(=O)N(Cc2ccc(Cl)cc2)c2ccc3[nH]ncc3c2)cc1. The molecule has 0 aliphatic heterocycles. The summed E-state index contributed by atoms with van der Waals surface area (Å²) < 4.78 is 5.13. The highest BCUT2D eigenvalue weighted by atomic mass is 35.5. The molecular weight excluding hydrogens is 404 g/mol. The van der Waals surface area contributed by atoms with Gasteiger partial charge in [0.2, 0.25) is 0 Å². The molecule has 0 unspecified atom stereocenters. The minimum Gasteiger partial charge on any atom is -0.497 e. The minimum absolute atomic E-state index is 0.243. The van der Waals surface area contributed by atoms with E-state index >= 15 is 0 Å². The van der Waals surface area contributed by atoms with Gasteiger partial charge in [0.15, 0.2) is 0 Å². The van der Waals surface area contributed by atoms with Crippen molar-refractivity contribution in [3.8, 4) is 5.75 Å². The average molecular weight is 423 g/mol. The highest BCUT2D eigenvalue weighted by molar-refractivity contribution is 6.30. The number of hydrogen-bond acceptors (Lipinski definition) is 4. The number of nitrogens with one attached hydrogen (secondary N) is 1. The number of rotatable bonds is 5. The molecule has 1 aromatic heterocycles. The molecule has 4 aromatic rings. The van der Waals surface area contributed by atoms with Gasteiger partial charge in [-0.2, -0.15) is 10.2 Å². The first kappa shape index (κ1) is 19.8. The number of hydroxylamine groups is 1. The Morgan fingerprint density at radius 2 is 1.77 bits per heavy atom. The molecule has 30 heavy (non-hydrogen) atoms. The highest BCUT2D eigenvalue weighted by Gasteiger charge is 2.23. The van der Waals surface area contributed by atoms with Gasteiger partial charge in [-0.15, -0.1) is 0 Å². The molecular formula is C22H19ClN4O3. The number of methoxy groups -OCH3 is 1. The van der Waals surface area contributed by atoms with E-state index in [-0.39, 0.29) is 6.54 Å². The number of urea groups is 1. The topological polar surface area (TPSA) is 81.7 Å². The van der Waals surface area contributed by atoms with Crippen molar-refractivity contribution in [3.63, 3.8) is 0 Å². The molecule has 0 fully saturated rings. The number of fused-ring (bicyclic) bond motifs is 1. The number of hydrogen-bond donors (Lipinski definition) is 2. The van der Waals surface area contributed by atoms with Crippen LogP contribution < -0.4 is 14.7 Å². The van der Waals surface area contributed by atoms with Gasteiger partial charge in [-0.1, -0.05) is 23.7 Å². The number of benzene rings is 3. The Hall–Kier alpha value is -3.55. The predicted octanol–water partition coefficient (Wildman–Crippen LogP) is 5.25. The summed E-state index contributed by atoms with van der Waals surface area (Å²) in [6, 6.07) is 18.7. The molecule has 8 heteroatoms. The van der Waals surface area contributed by atoms with Crippen molar-refractivity contribution >= 4 is 39.9 Å². The molecule has 4 rings (SSSR count). The lowest BCUT2D eigenvalue weighted by Gasteiger charge is -2.27. The Labute approximate surface area is 178 Å². The molecule has 0 saturated heterocycles. The first-order valence-electron chi connectivity index (χ1n) is 9.17. The first-order valence-corrected chi connectivity index (χ1v) is 9.55. The lowest BCUT2D eigenvalue weighted by atomic mass is 10.1. The molecule has 0 spiro atoms. The van der Waals surface area contributed by atoms with Crippen LogP contribution in [0.15, 0.2) is 72.9 Å². The van der Waals surface area contributed by atoms with Crippen LogP contribution in [-0.2, 0) is 6.54 Å². The van der Waals surface area contributed by atoms with Crippen LogP contribution in [0.25, 0.3) is 10.9 Å². The largest absolute Gasteiger partial charge is 0.497 e. The maximum Gasteiger partial charge on any atom is 0.353 e. The number of aromatic nitrogens is 2. The second-order valence-electron chi connectivity index (χ2n) is 6.65. The van der Waals surface area contributed by atoms with E-state index in [1.807, 2.05) is 24.3 Å². The van der Waals surface area contributed by atoms with E-state index in [4.69, 9.17) is 16.3 Å². The first-order chi connectivity index (χ1) is 14.5. The molecule has 0 aliphatic carbocycles. The van der Waals surface area contributed by atoms with Crippen molar-refractivity contribution in [2.75, 3.05) is 17.1 Å². The van der Waals surface area contributed by atoms with Crippen LogP contribution in [0, 0.1) is 0 Å². The van der Waals surface area contributed by atoms with E-state index in [1.165, 1.54) is 4.90 Å². The Kier molecular flexibility index (Phi) is 5.56. The van der Waals surface area contributed by atoms with Crippen LogP contribution in [0.5, 0.6) is 5.75 Å². The molecule has 7 nitrogen and oxygen atoms in total. The molecule has 0 bridgehead atoms. The monoisotopic (exact) mass is 422 g/mol. The Bertz CT molecular complexity index is 1160. The molecule has 0 atom stereocenters. The lowest BCUT2D eigenvalue weighted by molar-refractivity contribution is 0.209. The van der Waals surface area contributed by atoms with E-state index in [0.717, 1.165) is 16.5 Å². The fourth-order valence-electron chi connectivity index (χ4n) is 3.09. The number of nitrogens with zero attached hydrogens (tertiary/aromatic N) is 3. The highest BCUT2D eigenvalue weighted by Crippen LogP contribution is 2.26. The standard InChI is InChI=1S/C22H19ClN4O3/c1-30-20-9-6-18(7-10-20)27(29)22(28)26(14-15-2-4-17(23)5-3-15)19-8-11-21-16(12-19)13-24-25-21/h2-13,29H,14H2,1H3,(H,24,25). The van der Waals surface area contributed by atoms with Gasteiger partial charge in [0.25, 0.3) is 0 Å². The zero-order chi connectivity index (χ0) is 21.1. The molecule has 2 amide bonds. The van der Waals surface area contributed by atoms with Crippen LogP contribution in [0.2, 0.25) is 5.02 Å². The van der Waals surface area contributed by atoms with Gasteiger partial charge in [0.05, 0.1) is 31.1 Å². The maximum absolute atomic E-state index is 13.3. The number of amides is 2. The summed E-state index contributed by atoms with van der Waals surface area (Å²) in [5, 5.41) is 19.6. The van der Waals surface area contributed by atoms with E-state index < -0.39 is 6.03 Å². The summed E-state index contributed by atoms with van der Waals surface area (Å²) in [5.41, 5.74) is 2.67. The van der Waals surface area contributed by atoms with Crippen molar-refractivity contribution in [2.45, 2.75) is 6.54 Å². The predicted molar refractivity (Wildman–Crippen MR) is 116 cm³/mol. The van der Waals surface area contributed by atoms with Crippen LogP contribution in [0.4, 0.5) is 16.2 Å². The average Bonchev–Trinajstić information content (AvgIpc) is 3.26. The number of carbonyl (C=O) groups is 1. The second-order valence-corrected chi connectivity index (χ2v) is 7.08. The molecule has 1 heterocycles. The number of halogens is 1. The summed E-state index contributed by atoms with van der Waals surface area (Å²) in [6.07, 6.45) is 1.68. The van der Waals surface area contributed by atoms with Crippen molar-refractivity contribution in [3.05, 3.63) is 83.5 Å². The van der Waals surface area contributed by atoms with E-state index in [9.17, 15) is 10.0 Å². The number of aromatic amines is 1. The fraction of sp³-hybridized carbons (Fsp3) is 0.0909. The van der Waals surface area contributed by atoms with Crippen LogP contribution >= 0.6 is 11.6 Å². The Morgan fingerprint density at radius 1 is 1.07 bits per heavy atom. The lowest BCUT2D eigenvalue weighted by Crippen LogP contribution is -2.41. The molecule has 0 radical (unpaired) electrons. The minimum atomic E-state index is -0.599. The number of ether oxygens (including phenoxy) is 1. The number of carbonyl (C=O) groups excluding carboxylic acids is 1. The van der Waals surface area contributed by atoms with E-state index in [1.54, 1.807) is 55.8 Å². The van der Waals surface area contributed by atoms with Gasteiger partial charge < -0.3 is 4.74 Å². The molecule has 0 saturated carbocycles. The summed E-state index contributed by atoms with van der Waals surface area (Å²) in [4.78, 5) is 14.8. The van der Waals surface area contributed by atoms with Crippen LogP contribution in [-0.4, -0.2) is 28.5 Å². The van der Waals surface area contributed by atoms with Crippen LogP contribution in [0.1, 0.15) is 5.56 Å². The van der Waals surface area contributed by atoms with Crippen molar-refractivity contribution < 1.29 is 14.7 Å². The maximum atomic E-state index is 13.3. The van der Waals surface area contributed by atoms with E-state index in [2.05, 4.69) is 10.2 Å². The van der Waals surface area contributed by atoms with Crippen molar-refractivity contribution in [1.29, 1.82) is 0 Å². The molecule has 2 N–H and O–H groups in total. The summed E-state index contributed by atoms with van der Waals surface area (Å²) in [5.74, 6) is 0.628. The number of anilines is 2. The third-order valence-electron chi connectivity index (χ3n) is 4.72. The third-order valence-corrected chi connectivity index (χ3v) is 4.97. The van der Waals surface area contributed by atoms with Gasteiger partial charge in [0, 0.05) is 16.1 Å². The number of H-pyrrole nitrogens is 1. The van der Waals surface area contributed by atoms with Gasteiger partial charge >= 0.3 is 6.03 Å². The van der Waals surface area contributed by atoms with Gasteiger partial charge in [-0.3, -0.25) is 15.2 Å². The summed E-state index contributed by atoms with van der Waals surface area (Å²) in [7, 11) is 1.55. The zero-order valence-corrected chi connectivity index (χ0v) is 16.9. The van der Waals surface area contributed by atoms with E-state index in [0.29, 0.717) is 27.2 Å². The smallest absolute Gasteiger partial charge is 0.353 e. The normalized spacial score (nSPS) is 10.8. The Morgan fingerprint density at radius 3 is 2.47 bits per heavy atom. The van der Waals surface area contributed by atoms with Crippen molar-refractivity contribution in [1.82, 2.24) is 10.2 Å². The second kappa shape index (κ2) is 8.44. The molecule has 3 aromatic carbocycles. The van der Waals surface area contributed by atoms with Gasteiger partial charge in [-0.25, -0.2) is 4.79 Å². The molecule has 0 aliphatic rings. The summed E-state index contributed by atoms with van der Waals surface area (Å²) >= 11 is 5.99. The Balaban J connectivity index is 1.68. The van der Waals surface area contributed by atoms with Crippen molar-refractivity contribution in [2.24, 2.45) is 0 Å².